The summed E-state index contributed by atoms with van der Waals surface area (Å²) in [5.41, 5.74) is 4.34. The zero-order chi connectivity index (χ0) is 16.5. The first-order valence-corrected chi connectivity index (χ1v) is 8.69. The topological polar surface area (TPSA) is 24.7 Å². The van der Waals surface area contributed by atoms with E-state index >= 15 is 0 Å². The van der Waals surface area contributed by atoms with Gasteiger partial charge >= 0.3 is 0 Å². The Morgan fingerprint density at radius 2 is 0.957 bits per heavy atom. The molecule has 118 valence electrons. The van der Waals surface area contributed by atoms with Crippen molar-refractivity contribution in [2.75, 3.05) is 0 Å². The van der Waals surface area contributed by atoms with E-state index in [2.05, 4.69) is 86.4 Å². The van der Waals surface area contributed by atoms with Crippen LogP contribution in [0.4, 0.5) is 0 Å². The van der Waals surface area contributed by atoms with E-state index in [1.165, 1.54) is 0 Å². The predicted octanol–water partition coefficient (Wildman–Crippen LogP) is 5.18. The summed E-state index contributed by atoms with van der Waals surface area (Å²) in [6.45, 7) is 8.92. The molecule has 0 bridgehead atoms. The van der Waals surface area contributed by atoms with Gasteiger partial charge in [0.25, 0.3) is 0 Å². The number of rotatable bonds is 2. The molecule has 0 aliphatic carbocycles. The van der Waals surface area contributed by atoms with Gasteiger partial charge in [-0.05, 0) is 38.8 Å². The standard InChI is InChI=1S/C20H22N2S/c1-19(2)17(15-11-7-5-8-12-15)21-22-18(20(3,4)23-19)16-13-9-6-10-14-16/h5-14H,1-4H3. The maximum atomic E-state index is 4.68. The molecule has 0 aromatic heterocycles. The molecule has 3 heteroatoms. The van der Waals surface area contributed by atoms with Gasteiger partial charge in [-0.1, -0.05) is 60.7 Å². The summed E-state index contributed by atoms with van der Waals surface area (Å²) in [5.74, 6) is 0. The third-order valence-electron chi connectivity index (χ3n) is 4.00. The molecule has 1 heterocycles. The van der Waals surface area contributed by atoms with E-state index < -0.39 is 0 Å². The molecule has 1 aliphatic rings. The van der Waals surface area contributed by atoms with Crippen molar-refractivity contribution < 1.29 is 0 Å². The highest BCUT2D eigenvalue weighted by Crippen LogP contribution is 2.43. The first-order valence-electron chi connectivity index (χ1n) is 7.88. The first kappa shape index (κ1) is 16.0. The van der Waals surface area contributed by atoms with Crippen molar-refractivity contribution in [1.82, 2.24) is 0 Å². The van der Waals surface area contributed by atoms with Crippen LogP contribution in [0.15, 0.2) is 70.9 Å². The van der Waals surface area contributed by atoms with Gasteiger partial charge < -0.3 is 0 Å². The average Bonchev–Trinajstić information content (AvgIpc) is 2.61. The largest absolute Gasteiger partial charge is 0.153 e. The summed E-state index contributed by atoms with van der Waals surface area (Å²) in [5, 5.41) is 9.37. The molecule has 0 saturated carbocycles. The number of nitrogens with zero attached hydrogens (tertiary/aromatic N) is 2. The Morgan fingerprint density at radius 1 is 0.609 bits per heavy atom. The van der Waals surface area contributed by atoms with Gasteiger partial charge in [0.1, 0.15) is 0 Å². The number of hydrogen-bond donors (Lipinski definition) is 0. The zero-order valence-corrected chi connectivity index (χ0v) is 14.9. The minimum absolute atomic E-state index is 0.120. The Labute approximate surface area is 142 Å². The second-order valence-electron chi connectivity index (χ2n) is 6.75. The van der Waals surface area contributed by atoms with E-state index in [-0.39, 0.29) is 9.49 Å². The number of hydrogen-bond acceptors (Lipinski definition) is 3. The SMILES string of the molecule is CC1(C)SC(C)(C)C(c2ccccc2)=NN=C1c1ccccc1. The van der Waals surface area contributed by atoms with Crippen LogP contribution in [0.2, 0.25) is 0 Å². The molecule has 0 N–H and O–H groups in total. The van der Waals surface area contributed by atoms with Crippen LogP contribution < -0.4 is 0 Å². The van der Waals surface area contributed by atoms with E-state index in [1.807, 2.05) is 23.9 Å². The van der Waals surface area contributed by atoms with Crippen LogP contribution in [0.5, 0.6) is 0 Å². The van der Waals surface area contributed by atoms with Gasteiger partial charge in [0.2, 0.25) is 0 Å². The Bertz CT molecular complexity index is 678. The summed E-state index contributed by atoms with van der Waals surface area (Å²) in [7, 11) is 0. The molecule has 0 unspecified atom stereocenters. The van der Waals surface area contributed by atoms with Gasteiger partial charge in [0.05, 0.1) is 20.9 Å². The minimum atomic E-state index is -0.120. The Hall–Kier alpha value is -1.87. The third-order valence-corrected chi connectivity index (χ3v) is 5.40. The average molecular weight is 322 g/mol. The fourth-order valence-electron chi connectivity index (χ4n) is 3.08. The molecule has 0 atom stereocenters. The molecule has 0 saturated heterocycles. The molecule has 0 amide bonds. The Morgan fingerprint density at radius 3 is 1.30 bits per heavy atom. The molecule has 1 aliphatic heterocycles. The van der Waals surface area contributed by atoms with E-state index in [4.69, 9.17) is 0 Å². The molecule has 0 fully saturated rings. The maximum Gasteiger partial charge on any atom is 0.0858 e. The molecule has 3 rings (SSSR count). The summed E-state index contributed by atoms with van der Waals surface area (Å²) in [6, 6.07) is 20.7. The van der Waals surface area contributed by atoms with Gasteiger partial charge in [0.15, 0.2) is 0 Å². The van der Waals surface area contributed by atoms with Gasteiger partial charge in [0, 0.05) is 0 Å². The minimum Gasteiger partial charge on any atom is -0.153 e. The van der Waals surface area contributed by atoms with E-state index in [9.17, 15) is 0 Å². The van der Waals surface area contributed by atoms with Crippen molar-refractivity contribution in [3.05, 3.63) is 71.8 Å². The molecule has 0 spiro atoms. The van der Waals surface area contributed by atoms with Crippen molar-refractivity contribution in [2.45, 2.75) is 37.2 Å². The summed E-state index contributed by atoms with van der Waals surface area (Å²) in [4.78, 5) is 0. The normalized spacial score (nSPS) is 19.5. The molecule has 23 heavy (non-hydrogen) atoms. The highest BCUT2D eigenvalue weighted by Gasteiger charge is 2.40. The zero-order valence-electron chi connectivity index (χ0n) is 14.1. The number of thioether (sulfide) groups is 1. The molecule has 2 nitrogen and oxygen atoms in total. The van der Waals surface area contributed by atoms with Crippen molar-refractivity contribution in [3.63, 3.8) is 0 Å². The lowest BCUT2D eigenvalue weighted by Gasteiger charge is -2.33. The maximum absolute atomic E-state index is 4.68. The summed E-state index contributed by atoms with van der Waals surface area (Å²) < 4.78 is -0.240. The van der Waals surface area contributed by atoms with Crippen LogP contribution in [-0.2, 0) is 0 Å². The second-order valence-corrected chi connectivity index (χ2v) is 9.00. The lowest BCUT2D eigenvalue weighted by molar-refractivity contribution is 0.896. The highest BCUT2D eigenvalue weighted by molar-refractivity contribution is 8.03. The van der Waals surface area contributed by atoms with Crippen molar-refractivity contribution in [1.29, 1.82) is 0 Å². The quantitative estimate of drug-likeness (QED) is 0.747. The highest BCUT2D eigenvalue weighted by atomic mass is 32.2. The van der Waals surface area contributed by atoms with Crippen LogP contribution in [0, 0.1) is 0 Å². The molecular formula is C20H22N2S. The van der Waals surface area contributed by atoms with Gasteiger partial charge in [-0.2, -0.15) is 10.2 Å². The van der Waals surface area contributed by atoms with Gasteiger partial charge in [-0.3, -0.25) is 0 Å². The fourth-order valence-corrected chi connectivity index (χ4v) is 4.86. The second kappa shape index (κ2) is 5.97. The summed E-state index contributed by atoms with van der Waals surface area (Å²) >= 11 is 1.91. The molecular weight excluding hydrogens is 300 g/mol. The lowest BCUT2D eigenvalue weighted by Crippen LogP contribution is -2.37. The van der Waals surface area contributed by atoms with Crippen LogP contribution >= 0.6 is 11.8 Å². The molecule has 2 aromatic carbocycles. The lowest BCUT2D eigenvalue weighted by atomic mass is 9.99. The Balaban J connectivity index is 2.12. The van der Waals surface area contributed by atoms with Crippen LogP contribution in [-0.4, -0.2) is 20.9 Å². The van der Waals surface area contributed by atoms with E-state index in [0.717, 1.165) is 22.6 Å². The van der Waals surface area contributed by atoms with Crippen molar-refractivity contribution >= 4 is 23.2 Å². The van der Waals surface area contributed by atoms with Crippen molar-refractivity contribution in [2.24, 2.45) is 10.2 Å². The van der Waals surface area contributed by atoms with Crippen LogP contribution in [0.3, 0.4) is 0 Å². The molecule has 0 radical (unpaired) electrons. The van der Waals surface area contributed by atoms with E-state index in [0.29, 0.717) is 0 Å². The van der Waals surface area contributed by atoms with Crippen LogP contribution in [0.1, 0.15) is 38.8 Å². The van der Waals surface area contributed by atoms with Gasteiger partial charge in [-0.15, -0.1) is 11.8 Å². The molecule has 2 aromatic rings. The predicted molar refractivity (Wildman–Crippen MR) is 102 cm³/mol. The third kappa shape index (κ3) is 3.25. The number of benzene rings is 2. The smallest absolute Gasteiger partial charge is 0.0858 e. The fraction of sp³-hybridized carbons (Fsp3) is 0.300. The van der Waals surface area contributed by atoms with Crippen molar-refractivity contribution in [3.8, 4) is 0 Å². The van der Waals surface area contributed by atoms with E-state index in [1.54, 1.807) is 0 Å². The summed E-state index contributed by atoms with van der Waals surface area (Å²) in [6.07, 6.45) is 0. The Kier molecular flexibility index (Phi) is 4.15. The first-order chi connectivity index (χ1) is 10.9. The van der Waals surface area contributed by atoms with Gasteiger partial charge in [-0.25, -0.2) is 0 Å². The monoisotopic (exact) mass is 322 g/mol. The van der Waals surface area contributed by atoms with Crippen LogP contribution in [0.25, 0.3) is 0 Å².